The quantitative estimate of drug-likeness (QED) is 0.774. The number of ether oxygens (including phenoxy) is 1. The average molecular weight is 208 g/mol. The Bertz CT molecular complexity index is 316. The van der Waals surface area contributed by atoms with Gasteiger partial charge in [0.1, 0.15) is 17.5 Å². The lowest BCUT2D eigenvalue weighted by Crippen LogP contribution is -2.19. The number of nitrogens with one attached hydrogen (secondary N) is 1. The van der Waals surface area contributed by atoms with E-state index in [0.717, 1.165) is 31.8 Å². The zero-order chi connectivity index (χ0) is 10.7. The van der Waals surface area contributed by atoms with E-state index in [1.54, 1.807) is 6.07 Å². The summed E-state index contributed by atoms with van der Waals surface area (Å²) in [6.45, 7) is 3.49. The fourth-order valence-electron chi connectivity index (χ4n) is 1.71. The maximum Gasteiger partial charge on any atom is 0.131 e. The number of aromatic nitrogens is 2. The minimum absolute atomic E-state index is 0.307. The maximum absolute atomic E-state index is 5.62. The van der Waals surface area contributed by atoms with E-state index in [0.29, 0.717) is 17.7 Å². The Labute approximate surface area is 89.1 Å². The molecule has 0 bridgehead atoms. The molecule has 1 aromatic heterocycles. The van der Waals surface area contributed by atoms with Crippen LogP contribution in [0.5, 0.6) is 0 Å². The van der Waals surface area contributed by atoms with Crippen molar-refractivity contribution in [1.82, 2.24) is 9.97 Å². The van der Waals surface area contributed by atoms with E-state index >= 15 is 0 Å². The Morgan fingerprint density at radius 3 is 3.13 bits per heavy atom. The van der Waals surface area contributed by atoms with Crippen molar-refractivity contribution in [2.24, 2.45) is 0 Å². The van der Waals surface area contributed by atoms with Crippen molar-refractivity contribution in [2.45, 2.75) is 25.9 Å². The van der Waals surface area contributed by atoms with Gasteiger partial charge in [-0.3, -0.25) is 0 Å². The fraction of sp³-hybridized carbons (Fsp3) is 0.600. The molecule has 1 saturated heterocycles. The Morgan fingerprint density at radius 2 is 2.47 bits per heavy atom. The van der Waals surface area contributed by atoms with Crippen molar-refractivity contribution in [3.63, 3.8) is 0 Å². The van der Waals surface area contributed by atoms with Crippen molar-refractivity contribution in [3.05, 3.63) is 11.9 Å². The van der Waals surface area contributed by atoms with Crippen LogP contribution < -0.4 is 11.1 Å². The molecule has 1 atom stereocenters. The van der Waals surface area contributed by atoms with Crippen LogP contribution in [0.1, 0.15) is 18.7 Å². The van der Waals surface area contributed by atoms with E-state index < -0.39 is 0 Å². The van der Waals surface area contributed by atoms with Gasteiger partial charge in [0.05, 0.1) is 6.10 Å². The van der Waals surface area contributed by atoms with Gasteiger partial charge in [-0.15, -0.1) is 0 Å². The topological polar surface area (TPSA) is 73.1 Å². The smallest absolute Gasteiger partial charge is 0.131 e. The van der Waals surface area contributed by atoms with Gasteiger partial charge in [-0.05, 0) is 19.8 Å². The second-order valence-electron chi connectivity index (χ2n) is 3.74. The van der Waals surface area contributed by atoms with Crippen molar-refractivity contribution >= 4 is 11.6 Å². The normalized spacial score (nSPS) is 20.5. The van der Waals surface area contributed by atoms with Gasteiger partial charge in [-0.2, -0.15) is 0 Å². The summed E-state index contributed by atoms with van der Waals surface area (Å²) in [5, 5.41) is 3.21. The molecular weight excluding hydrogens is 192 g/mol. The van der Waals surface area contributed by atoms with Gasteiger partial charge < -0.3 is 15.8 Å². The third-order valence-corrected chi connectivity index (χ3v) is 2.39. The molecule has 1 aromatic rings. The molecule has 3 N–H and O–H groups in total. The molecule has 1 aliphatic rings. The van der Waals surface area contributed by atoms with E-state index in [4.69, 9.17) is 10.5 Å². The molecule has 5 nitrogen and oxygen atoms in total. The van der Waals surface area contributed by atoms with Crippen LogP contribution in [0.25, 0.3) is 0 Å². The Balaban J connectivity index is 1.92. The molecule has 0 radical (unpaired) electrons. The molecule has 0 spiro atoms. The fourth-order valence-corrected chi connectivity index (χ4v) is 1.71. The van der Waals surface area contributed by atoms with Crippen LogP contribution in [0.2, 0.25) is 0 Å². The van der Waals surface area contributed by atoms with Crippen LogP contribution in [0.15, 0.2) is 6.07 Å². The standard InChI is InChI=1S/C10H16N4O/c1-7-13-9(11)5-10(14-7)12-6-8-3-2-4-15-8/h5,8H,2-4,6H2,1H3,(H3,11,12,13,14)/t8-/m0/s1. The Kier molecular flexibility index (Phi) is 3.01. The third kappa shape index (κ3) is 2.79. The van der Waals surface area contributed by atoms with Gasteiger partial charge in [0.15, 0.2) is 0 Å². The SMILES string of the molecule is Cc1nc(N)cc(NC[C@@H]2CCCO2)n1. The van der Waals surface area contributed by atoms with E-state index in [1.807, 2.05) is 6.92 Å². The predicted molar refractivity (Wildman–Crippen MR) is 58.6 cm³/mol. The molecule has 0 aromatic carbocycles. The van der Waals surface area contributed by atoms with Gasteiger partial charge in [0.2, 0.25) is 0 Å². The van der Waals surface area contributed by atoms with E-state index in [1.165, 1.54) is 0 Å². The number of rotatable bonds is 3. The molecular formula is C10H16N4O. The molecule has 0 saturated carbocycles. The molecule has 0 unspecified atom stereocenters. The van der Waals surface area contributed by atoms with Crippen LogP contribution in [0, 0.1) is 6.92 Å². The van der Waals surface area contributed by atoms with E-state index in [2.05, 4.69) is 15.3 Å². The summed E-state index contributed by atoms with van der Waals surface area (Å²) in [6.07, 6.45) is 2.57. The van der Waals surface area contributed by atoms with Crippen LogP contribution in [0.4, 0.5) is 11.6 Å². The zero-order valence-corrected chi connectivity index (χ0v) is 8.86. The van der Waals surface area contributed by atoms with Crippen LogP contribution in [-0.2, 0) is 4.74 Å². The first-order valence-electron chi connectivity index (χ1n) is 5.20. The molecule has 0 aliphatic carbocycles. The lowest BCUT2D eigenvalue weighted by Gasteiger charge is -2.11. The number of nitrogens with two attached hydrogens (primary N) is 1. The van der Waals surface area contributed by atoms with Gasteiger partial charge in [-0.25, -0.2) is 9.97 Å². The van der Waals surface area contributed by atoms with Crippen LogP contribution >= 0.6 is 0 Å². The first-order chi connectivity index (χ1) is 7.24. The zero-order valence-electron chi connectivity index (χ0n) is 8.86. The lowest BCUT2D eigenvalue weighted by atomic mass is 10.2. The van der Waals surface area contributed by atoms with Gasteiger partial charge >= 0.3 is 0 Å². The van der Waals surface area contributed by atoms with E-state index in [-0.39, 0.29) is 0 Å². The Hall–Kier alpha value is -1.36. The number of nitrogen functional groups attached to an aromatic ring is 1. The number of aryl methyl sites for hydroxylation is 1. The van der Waals surface area contributed by atoms with Crippen molar-refractivity contribution in [3.8, 4) is 0 Å². The second kappa shape index (κ2) is 4.44. The molecule has 2 rings (SSSR count). The average Bonchev–Trinajstić information content (AvgIpc) is 2.65. The number of hydrogen-bond donors (Lipinski definition) is 2. The predicted octanol–water partition coefficient (Wildman–Crippen LogP) is 0.958. The van der Waals surface area contributed by atoms with Crippen molar-refractivity contribution in [2.75, 3.05) is 24.2 Å². The minimum Gasteiger partial charge on any atom is -0.384 e. The largest absolute Gasteiger partial charge is 0.384 e. The van der Waals surface area contributed by atoms with Crippen LogP contribution in [0.3, 0.4) is 0 Å². The summed E-state index contributed by atoms with van der Waals surface area (Å²) in [7, 11) is 0. The van der Waals surface area contributed by atoms with Crippen molar-refractivity contribution < 1.29 is 4.74 Å². The number of anilines is 2. The van der Waals surface area contributed by atoms with Gasteiger partial charge in [-0.1, -0.05) is 0 Å². The Morgan fingerprint density at radius 1 is 1.60 bits per heavy atom. The molecule has 0 amide bonds. The molecule has 15 heavy (non-hydrogen) atoms. The van der Waals surface area contributed by atoms with Crippen LogP contribution in [-0.4, -0.2) is 29.2 Å². The summed E-state index contributed by atoms with van der Waals surface area (Å²) in [5.41, 5.74) is 5.62. The number of nitrogens with zero attached hydrogens (tertiary/aromatic N) is 2. The summed E-state index contributed by atoms with van der Waals surface area (Å²) in [4.78, 5) is 8.25. The highest BCUT2D eigenvalue weighted by Crippen LogP contribution is 2.13. The van der Waals surface area contributed by atoms with E-state index in [9.17, 15) is 0 Å². The molecule has 82 valence electrons. The molecule has 1 aliphatic heterocycles. The lowest BCUT2D eigenvalue weighted by molar-refractivity contribution is 0.120. The van der Waals surface area contributed by atoms with Gasteiger partial charge in [0, 0.05) is 19.2 Å². The molecule has 2 heterocycles. The minimum atomic E-state index is 0.307. The molecule has 5 heteroatoms. The monoisotopic (exact) mass is 208 g/mol. The maximum atomic E-state index is 5.62. The first-order valence-corrected chi connectivity index (χ1v) is 5.20. The highest BCUT2D eigenvalue weighted by Gasteiger charge is 2.15. The highest BCUT2D eigenvalue weighted by molar-refractivity contribution is 5.44. The molecule has 1 fully saturated rings. The summed E-state index contributed by atoms with van der Waals surface area (Å²) < 4.78 is 5.50. The number of hydrogen-bond acceptors (Lipinski definition) is 5. The summed E-state index contributed by atoms with van der Waals surface area (Å²) >= 11 is 0. The summed E-state index contributed by atoms with van der Waals surface area (Å²) in [5.74, 6) is 1.96. The second-order valence-corrected chi connectivity index (χ2v) is 3.74. The summed E-state index contributed by atoms with van der Waals surface area (Å²) in [6, 6.07) is 1.74. The van der Waals surface area contributed by atoms with Crippen molar-refractivity contribution in [1.29, 1.82) is 0 Å². The van der Waals surface area contributed by atoms with Gasteiger partial charge in [0.25, 0.3) is 0 Å². The third-order valence-electron chi connectivity index (χ3n) is 2.39. The first kappa shape index (κ1) is 10.2. The highest BCUT2D eigenvalue weighted by atomic mass is 16.5.